The van der Waals surface area contributed by atoms with Crippen LogP contribution in [0.25, 0.3) is 0 Å². The number of aryl methyl sites for hydroxylation is 2. The molecular weight excluding hydrogens is 218 g/mol. The molecule has 1 heterocycles. The van der Waals surface area contributed by atoms with Gasteiger partial charge in [0.25, 0.3) is 0 Å². The molecule has 3 rings (SSSR count). The highest BCUT2D eigenvalue weighted by molar-refractivity contribution is 5.56. The van der Waals surface area contributed by atoms with E-state index in [0.717, 1.165) is 19.5 Å². The zero-order valence-electron chi connectivity index (χ0n) is 11.1. The summed E-state index contributed by atoms with van der Waals surface area (Å²) in [7, 11) is 0. The molecule has 92 valence electrons. The van der Waals surface area contributed by atoms with Gasteiger partial charge in [-0.05, 0) is 48.6 Å². The molecular formula is C17H19N. The lowest BCUT2D eigenvalue weighted by molar-refractivity contribution is 0.729. The maximum Gasteiger partial charge on any atom is 0.0432 e. The number of nitrogens with zero attached hydrogens (tertiary/aromatic N) is 1. The topological polar surface area (TPSA) is 3.24 Å². The number of hydrogen-bond acceptors (Lipinski definition) is 1. The van der Waals surface area contributed by atoms with Crippen LogP contribution < -0.4 is 4.90 Å². The summed E-state index contributed by atoms with van der Waals surface area (Å²) in [5, 5.41) is 0. The van der Waals surface area contributed by atoms with E-state index in [1.165, 1.54) is 27.9 Å². The summed E-state index contributed by atoms with van der Waals surface area (Å²) in [5.74, 6) is 0. The van der Waals surface area contributed by atoms with Gasteiger partial charge in [-0.25, -0.2) is 0 Å². The molecule has 1 nitrogen and oxygen atoms in total. The monoisotopic (exact) mass is 237 g/mol. The van der Waals surface area contributed by atoms with Crippen LogP contribution in [0, 0.1) is 13.8 Å². The first-order chi connectivity index (χ1) is 8.74. The van der Waals surface area contributed by atoms with Crippen LogP contribution in [0.3, 0.4) is 0 Å². The van der Waals surface area contributed by atoms with Gasteiger partial charge in [-0.3, -0.25) is 0 Å². The fourth-order valence-corrected chi connectivity index (χ4v) is 2.76. The summed E-state index contributed by atoms with van der Waals surface area (Å²) in [6.07, 6.45) is 1.16. The van der Waals surface area contributed by atoms with E-state index in [4.69, 9.17) is 0 Å². The predicted molar refractivity (Wildman–Crippen MR) is 77.1 cm³/mol. The number of fused-ring (bicyclic) bond motifs is 1. The third-order valence-corrected chi connectivity index (χ3v) is 3.84. The van der Waals surface area contributed by atoms with Gasteiger partial charge >= 0.3 is 0 Å². The highest BCUT2D eigenvalue weighted by Crippen LogP contribution is 2.27. The van der Waals surface area contributed by atoms with E-state index in [1.807, 2.05) is 0 Å². The van der Waals surface area contributed by atoms with Gasteiger partial charge in [0, 0.05) is 18.8 Å². The number of hydrogen-bond donors (Lipinski definition) is 0. The minimum Gasteiger partial charge on any atom is -0.367 e. The first-order valence-corrected chi connectivity index (χ1v) is 6.63. The lowest BCUT2D eigenvalue weighted by Crippen LogP contribution is -2.30. The van der Waals surface area contributed by atoms with E-state index in [0.29, 0.717) is 0 Å². The minimum absolute atomic E-state index is 1.04. The molecule has 0 aromatic heterocycles. The Morgan fingerprint density at radius 2 is 1.72 bits per heavy atom. The molecule has 0 unspecified atom stereocenters. The predicted octanol–water partition coefficient (Wildman–Crippen LogP) is 3.87. The molecule has 1 heteroatoms. The van der Waals surface area contributed by atoms with Gasteiger partial charge in [0.1, 0.15) is 0 Å². The standard InChI is InChI=1S/C17H19N/c1-13-7-8-14(2)17(11-13)18-10-9-15-5-3-4-6-16(15)12-18/h3-8,11H,9-10,12H2,1-2H3. The molecule has 0 amide bonds. The lowest BCUT2D eigenvalue weighted by atomic mass is 9.98. The smallest absolute Gasteiger partial charge is 0.0432 e. The third kappa shape index (κ3) is 2.01. The van der Waals surface area contributed by atoms with E-state index >= 15 is 0 Å². The summed E-state index contributed by atoms with van der Waals surface area (Å²) < 4.78 is 0. The lowest BCUT2D eigenvalue weighted by Gasteiger charge is -2.32. The highest BCUT2D eigenvalue weighted by atomic mass is 15.1. The Balaban J connectivity index is 1.94. The maximum absolute atomic E-state index is 2.50. The molecule has 0 bridgehead atoms. The van der Waals surface area contributed by atoms with Gasteiger partial charge in [-0.2, -0.15) is 0 Å². The van der Waals surface area contributed by atoms with Crippen LogP contribution in [0.5, 0.6) is 0 Å². The average molecular weight is 237 g/mol. The van der Waals surface area contributed by atoms with Crippen LogP contribution in [-0.2, 0) is 13.0 Å². The van der Waals surface area contributed by atoms with Gasteiger partial charge in [0.15, 0.2) is 0 Å². The summed E-state index contributed by atoms with van der Waals surface area (Å²) in [6.45, 7) is 6.54. The van der Waals surface area contributed by atoms with Gasteiger partial charge < -0.3 is 4.90 Å². The van der Waals surface area contributed by atoms with Crippen LogP contribution in [0.2, 0.25) is 0 Å². The Kier molecular flexibility index (Phi) is 2.83. The van der Waals surface area contributed by atoms with E-state index in [2.05, 4.69) is 61.2 Å². The van der Waals surface area contributed by atoms with E-state index in [-0.39, 0.29) is 0 Å². The van der Waals surface area contributed by atoms with Gasteiger partial charge in [-0.1, -0.05) is 36.4 Å². The van der Waals surface area contributed by atoms with Crippen LogP contribution in [0.15, 0.2) is 42.5 Å². The van der Waals surface area contributed by atoms with Crippen molar-refractivity contribution in [3.05, 3.63) is 64.7 Å². The van der Waals surface area contributed by atoms with Gasteiger partial charge in [-0.15, -0.1) is 0 Å². The van der Waals surface area contributed by atoms with Crippen molar-refractivity contribution in [2.45, 2.75) is 26.8 Å². The average Bonchev–Trinajstić information content (AvgIpc) is 2.41. The zero-order chi connectivity index (χ0) is 12.5. The Bertz CT molecular complexity index is 572. The molecule has 0 saturated heterocycles. The minimum atomic E-state index is 1.04. The molecule has 0 N–H and O–H groups in total. The molecule has 0 fully saturated rings. The first kappa shape index (κ1) is 11.3. The molecule has 0 atom stereocenters. The normalized spacial score (nSPS) is 14.4. The van der Waals surface area contributed by atoms with Crippen molar-refractivity contribution in [1.29, 1.82) is 0 Å². The van der Waals surface area contributed by atoms with Crippen molar-refractivity contribution in [3.63, 3.8) is 0 Å². The van der Waals surface area contributed by atoms with Crippen LogP contribution in [0.1, 0.15) is 22.3 Å². The highest BCUT2D eigenvalue weighted by Gasteiger charge is 2.17. The van der Waals surface area contributed by atoms with Crippen molar-refractivity contribution < 1.29 is 0 Å². The molecule has 18 heavy (non-hydrogen) atoms. The quantitative estimate of drug-likeness (QED) is 0.728. The maximum atomic E-state index is 2.50. The Labute approximate surface area is 109 Å². The van der Waals surface area contributed by atoms with Gasteiger partial charge in [0.05, 0.1) is 0 Å². The molecule has 2 aromatic carbocycles. The Hall–Kier alpha value is -1.76. The third-order valence-electron chi connectivity index (χ3n) is 3.84. The summed E-state index contributed by atoms with van der Waals surface area (Å²) in [4.78, 5) is 2.50. The fourth-order valence-electron chi connectivity index (χ4n) is 2.76. The summed E-state index contributed by atoms with van der Waals surface area (Å²) in [6, 6.07) is 15.5. The van der Waals surface area contributed by atoms with Crippen LogP contribution in [0.4, 0.5) is 5.69 Å². The van der Waals surface area contributed by atoms with E-state index < -0.39 is 0 Å². The van der Waals surface area contributed by atoms with E-state index in [9.17, 15) is 0 Å². The number of rotatable bonds is 1. The SMILES string of the molecule is Cc1ccc(C)c(N2CCc3ccccc3C2)c1. The zero-order valence-corrected chi connectivity index (χ0v) is 11.1. The Morgan fingerprint density at radius 3 is 2.56 bits per heavy atom. The molecule has 0 spiro atoms. The Morgan fingerprint density at radius 1 is 0.944 bits per heavy atom. The van der Waals surface area contributed by atoms with Crippen molar-refractivity contribution in [1.82, 2.24) is 0 Å². The first-order valence-electron chi connectivity index (χ1n) is 6.63. The summed E-state index contributed by atoms with van der Waals surface area (Å²) >= 11 is 0. The molecule has 1 aliphatic rings. The second kappa shape index (κ2) is 4.49. The second-order valence-electron chi connectivity index (χ2n) is 5.23. The largest absolute Gasteiger partial charge is 0.367 e. The van der Waals surface area contributed by atoms with E-state index in [1.54, 1.807) is 0 Å². The molecule has 2 aromatic rings. The fraction of sp³-hybridized carbons (Fsp3) is 0.294. The van der Waals surface area contributed by atoms with Crippen molar-refractivity contribution in [2.24, 2.45) is 0 Å². The molecule has 0 aliphatic carbocycles. The summed E-state index contributed by atoms with van der Waals surface area (Å²) in [5.41, 5.74) is 7.10. The molecule has 0 saturated carbocycles. The van der Waals surface area contributed by atoms with Crippen LogP contribution >= 0.6 is 0 Å². The molecule has 1 aliphatic heterocycles. The molecule has 0 radical (unpaired) electrons. The number of benzene rings is 2. The van der Waals surface area contributed by atoms with Crippen molar-refractivity contribution >= 4 is 5.69 Å². The van der Waals surface area contributed by atoms with Crippen molar-refractivity contribution in [3.8, 4) is 0 Å². The number of anilines is 1. The second-order valence-corrected chi connectivity index (χ2v) is 5.23. The van der Waals surface area contributed by atoms with Crippen molar-refractivity contribution in [2.75, 3.05) is 11.4 Å². The van der Waals surface area contributed by atoms with Crippen LogP contribution in [-0.4, -0.2) is 6.54 Å². The van der Waals surface area contributed by atoms with Gasteiger partial charge in [0.2, 0.25) is 0 Å².